The fourth-order valence-electron chi connectivity index (χ4n) is 4.54. The molecule has 9 heteroatoms. The minimum Gasteiger partial charge on any atom is -0.462 e. The monoisotopic (exact) mass is 604 g/mol. The van der Waals surface area contributed by atoms with E-state index in [2.05, 4.69) is 30.5 Å². The number of unbranched alkanes of at least 4 members (excludes halogenated alkanes) is 18. The van der Waals surface area contributed by atoms with Crippen molar-refractivity contribution in [3.8, 4) is 0 Å². The number of esters is 2. The van der Waals surface area contributed by atoms with Gasteiger partial charge in [0, 0.05) is 12.8 Å². The van der Waals surface area contributed by atoms with Gasteiger partial charge in [0.25, 0.3) is 0 Å². The topological polar surface area (TPSA) is 119 Å². The molecule has 0 unspecified atom stereocenters. The number of carbonyl (C=O) groups excluding carboxylic acids is 2. The van der Waals surface area contributed by atoms with Crippen LogP contribution in [0.2, 0.25) is 0 Å². The Bertz CT molecular complexity index is 691. The smallest absolute Gasteiger partial charge is 0.462 e. The molecule has 0 aliphatic heterocycles. The summed E-state index contributed by atoms with van der Waals surface area (Å²) in [7, 11) is -4.74. The molecule has 0 radical (unpaired) electrons. The van der Waals surface area contributed by atoms with Crippen LogP contribution in [-0.4, -0.2) is 41.0 Å². The Morgan fingerprint density at radius 3 is 1.51 bits per heavy atom. The van der Waals surface area contributed by atoms with E-state index in [1.165, 1.54) is 70.6 Å². The number of allylic oxidation sites excluding steroid dienone is 2. The van der Waals surface area contributed by atoms with Gasteiger partial charge in [0.15, 0.2) is 6.10 Å². The van der Waals surface area contributed by atoms with Gasteiger partial charge in [-0.3, -0.25) is 14.1 Å². The highest BCUT2D eigenvalue weighted by Crippen LogP contribution is 2.35. The zero-order valence-corrected chi connectivity index (χ0v) is 27.1. The van der Waals surface area contributed by atoms with Crippen LogP contribution in [0.25, 0.3) is 0 Å². The van der Waals surface area contributed by atoms with Crippen LogP contribution in [0.1, 0.15) is 162 Å². The molecule has 0 saturated heterocycles. The lowest BCUT2D eigenvalue weighted by molar-refractivity contribution is -0.161. The average molecular weight is 605 g/mol. The number of phosphoric ester groups is 1. The van der Waals surface area contributed by atoms with E-state index >= 15 is 0 Å². The normalized spacial score (nSPS) is 12.6. The number of hydrogen-bond acceptors (Lipinski definition) is 6. The minimum atomic E-state index is -4.74. The maximum atomic E-state index is 12.3. The van der Waals surface area contributed by atoms with E-state index in [0.29, 0.717) is 12.8 Å². The van der Waals surface area contributed by atoms with Crippen molar-refractivity contribution in [2.45, 2.75) is 168 Å². The first kappa shape index (κ1) is 39.8. The maximum absolute atomic E-state index is 12.3. The Kier molecular flexibility index (Phi) is 28.0. The van der Waals surface area contributed by atoms with Gasteiger partial charge < -0.3 is 19.3 Å². The number of hydrogen-bond donors (Lipinski definition) is 2. The molecule has 0 rings (SSSR count). The van der Waals surface area contributed by atoms with Crippen molar-refractivity contribution in [2.24, 2.45) is 0 Å². The van der Waals surface area contributed by atoms with Gasteiger partial charge in [0.1, 0.15) is 6.61 Å². The van der Waals surface area contributed by atoms with Crippen molar-refractivity contribution in [3.63, 3.8) is 0 Å². The molecule has 242 valence electrons. The van der Waals surface area contributed by atoms with Crippen molar-refractivity contribution in [1.82, 2.24) is 0 Å². The summed E-state index contributed by atoms with van der Waals surface area (Å²) in [5, 5.41) is 0. The third-order valence-corrected chi connectivity index (χ3v) is 7.52. The van der Waals surface area contributed by atoms with E-state index in [1.807, 2.05) is 0 Å². The summed E-state index contributed by atoms with van der Waals surface area (Å²) in [6, 6.07) is 0. The van der Waals surface area contributed by atoms with Crippen LogP contribution < -0.4 is 0 Å². The quantitative estimate of drug-likeness (QED) is 0.0360. The summed E-state index contributed by atoms with van der Waals surface area (Å²) in [5.41, 5.74) is 0. The molecule has 0 bridgehead atoms. The van der Waals surface area contributed by atoms with Gasteiger partial charge in [-0.05, 0) is 38.5 Å². The second kappa shape index (κ2) is 28.9. The summed E-state index contributed by atoms with van der Waals surface area (Å²) in [4.78, 5) is 42.4. The molecular formula is C32H61O8P. The van der Waals surface area contributed by atoms with E-state index in [9.17, 15) is 14.2 Å². The molecule has 41 heavy (non-hydrogen) atoms. The van der Waals surface area contributed by atoms with Gasteiger partial charge in [-0.15, -0.1) is 0 Å². The van der Waals surface area contributed by atoms with E-state index < -0.39 is 32.5 Å². The highest BCUT2D eigenvalue weighted by molar-refractivity contribution is 7.46. The lowest BCUT2D eigenvalue weighted by Crippen LogP contribution is -2.29. The maximum Gasteiger partial charge on any atom is 0.469 e. The zero-order chi connectivity index (χ0) is 30.4. The first-order valence-corrected chi connectivity index (χ1v) is 18.0. The molecule has 0 spiro atoms. The summed E-state index contributed by atoms with van der Waals surface area (Å²) in [6.07, 6.45) is 27.9. The molecular weight excluding hydrogens is 543 g/mol. The second-order valence-electron chi connectivity index (χ2n) is 11.1. The lowest BCUT2D eigenvalue weighted by atomic mass is 10.1. The first-order valence-electron chi connectivity index (χ1n) is 16.5. The predicted octanol–water partition coefficient (Wildman–Crippen LogP) is 9.12. The van der Waals surface area contributed by atoms with Crippen LogP contribution in [0, 0.1) is 0 Å². The largest absolute Gasteiger partial charge is 0.469 e. The van der Waals surface area contributed by atoms with Gasteiger partial charge in [-0.2, -0.15) is 0 Å². The molecule has 0 aromatic carbocycles. The molecule has 0 fully saturated rings. The molecule has 8 nitrogen and oxygen atoms in total. The minimum absolute atomic E-state index is 0.214. The van der Waals surface area contributed by atoms with Crippen LogP contribution in [0.15, 0.2) is 12.2 Å². The predicted molar refractivity (Wildman–Crippen MR) is 166 cm³/mol. The number of ether oxygens (including phenoxy) is 2. The third kappa shape index (κ3) is 31.6. The van der Waals surface area contributed by atoms with Crippen molar-refractivity contribution < 1.29 is 37.9 Å². The fourth-order valence-corrected chi connectivity index (χ4v) is 4.90. The van der Waals surface area contributed by atoms with Gasteiger partial charge in [-0.25, -0.2) is 4.57 Å². The molecule has 0 aromatic heterocycles. The number of phosphoric acid groups is 1. The molecule has 0 aromatic rings. The Morgan fingerprint density at radius 1 is 0.610 bits per heavy atom. The highest BCUT2D eigenvalue weighted by Gasteiger charge is 2.22. The van der Waals surface area contributed by atoms with Crippen molar-refractivity contribution in [2.75, 3.05) is 13.2 Å². The van der Waals surface area contributed by atoms with Crippen LogP contribution in [0.5, 0.6) is 0 Å². The van der Waals surface area contributed by atoms with Gasteiger partial charge in [-0.1, -0.05) is 122 Å². The standard InChI is InChI=1S/C32H61O8P/c1-3-5-7-9-11-13-15-16-17-19-20-22-24-26-31(33)38-28-30(29-39-41(35,36)37)40-32(34)27-25-23-21-18-14-12-10-8-6-4-2/h13,15,30H,3-12,14,16-29H2,1-2H3,(H2,35,36,37)/b15-13-/t30-/m1/s1. The third-order valence-electron chi connectivity index (χ3n) is 7.03. The summed E-state index contributed by atoms with van der Waals surface area (Å²) in [6.45, 7) is 3.62. The van der Waals surface area contributed by atoms with Gasteiger partial charge >= 0.3 is 19.8 Å². The highest BCUT2D eigenvalue weighted by atomic mass is 31.2. The Balaban J connectivity index is 4.02. The molecule has 0 heterocycles. The second-order valence-corrected chi connectivity index (χ2v) is 12.4. The molecule has 1 atom stereocenters. The SMILES string of the molecule is CCCCCC/C=C\CCCCCCCC(=O)OC[C@H](COP(=O)(O)O)OC(=O)CCCCCCCCCCCC. The van der Waals surface area contributed by atoms with E-state index in [-0.39, 0.29) is 19.4 Å². The van der Waals surface area contributed by atoms with E-state index in [0.717, 1.165) is 51.4 Å². The summed E-state index contributed by atoms with van der Waals surface area (Å²) >= 11 is 0. The van der Waals surface area contributed by atoms with Crippen molar-refractivity contribution in [3.05, 3.63) is 12.2 Å². The molecule has 0 saturated carbocycles. The Morgan fingerprint density at radius 2 is 1.02 bits per heavy atom. The molecule has 0 aliphatic rings. The zero-order valence-electron chi connectivity index (χ0n) is 26.2. The molecule has 0 amide bonds. The van der Waals surface area contributed by atoms with Crippen LogP contribution in [0.4, 0.5) is 0 Å². The van der Waals surface area contributed by atoms with Crippen LogP contribution >= 0.6 is 7.82 Å². The fraction of sp³-hybridized carbons (Fsp3) is 0.875. The van der Waals surface area contributed by atoms with Crippen molar-refractivity contribution in [1.29, 1.82) is 0 Å². The average Bonchev–Trinajstić information content (AvgIpc) is 2.93. The number of carbonyl (C=O) groups is 2. The summed E-state index contributed by atoms with van der Waals surface area (Å²) in [5.74, 6) is -0.894. The van der Waals surface area contributed by atoms with Crippen LogP contribution in [0.3, 0.4) is 0 Å². The molecule has 0 aliphatic carbocycles. The summed E-state index contributed by atoms with van der Waals surface area (Å²) < 4.78 is 26.1. The van der Waals surface area contributed by atoms with E-state index in [4.69, 9.17) is 19.3 Å². The first-order chi connectivity index (χ1) is 19.8. The van der Waals surface area contributed by atoms with Gasteiger partial charge in [0.2, 0.25) is 0 Å². The lowest BCUT2D eigenvalue weighted by Gasteiger charge is -2.18. The Labute approximate surface area is 250 Å². The molecule has 2 N–H and O–H groups in total. The number of rotatable bonds is 30. The van der Waals surface area contributed by atoms with Crippen LogP contribution in [-0.2, 0) is 28.2 Å². The Hall–Kier alpha value is -1.21. The van der Waals surface area contributed by atoms with Gasteiger partial charge in [0.05, 0.1) is 6.61 Å². The van der Waals surface area contributed by atoms with E-state index in [1.54, 1.807) is 0 Å². The van der Waals surface area contributed by atoms with Crippen molar-refractivity contribution >= 4 is 19.8 Å².